The number of benzene rings is 2. The standard InChI is InChI=1S/C27H31NO8/c1-4-5-11-34-19-8-6-17(15-21(19)33-3)24-23(26(30)27(31)28(24)10-12-32-2)25(29)18-7-9-20-22(16-18)36-14-13-35-20/h6-9,15-16,24,29H,4-5,10-14H2,1-3H3. The SMILES string of the molecule is CCCCOc1ccc(C2C(=C(O)c3ccc4c(c3)OCCO4)C(=O)C(=O)N2CCOC)cc1OC. The van der Waals surface area contributed by atoms with E-state index in [4.69, 9.17) is 23.7 Å². The number of methoxy groups -OCH3 is 2. The second kappa shape index (κ2) is 11.3. The van der Waals surface area contributed by atoms with Gasteiger partial charge in [-0.25, -0.2) is 0 Å². The van der Waals surface area contributed by atoms with Gasteiger partial charge in [0.2, 0.25) is 0 Å². The number of amides is 1. The number of unbranched alkanes of at least 4 members (excludes halogenated alkanes) is 1. The molecule has 1 saturated heterocycles. The minimum atomic E-state index is -0.841. The molecule has 1 unspecified atom stereocenters. The average Bonchev–Trinajstić information content (AvgIpc) is 3.16. The van der Waals surface area contributed by atoms with Crippen LogP contribution in [0.1, 0.15) is 36.9 Å². The number of fused-ring (bicyclic) bond motifs is 1. The van der Waals surface area contributed by atoms with Crippen LogP contribution in [0.15, 0.2) is 42.0 Å². The first kappa shape index (κ1) is 25.4. The molecule has 2 aromatic rings. The van der Waals surface area contributed by atoms with Crippen LogP contribution >= 0.6 is 0 Å². The van der Waals surface area contributed by atoms with Crippen molar-refractivity contribution in [2.45, 2.75) is 25.8 Å². The van der Waals surface area contributed by atoms with E-state index in [2.05, 4.69) is 6.92 Å². The highest BCUT2D eigenvalue weighted by Gasteiger charge is 2.46. The lowest BCUT2D eigenvalue weighted by molar-refractivity contribution is -0.140. The van der Waals surface area contributed by atoms with E-state index in [1.54, 1.807) is 36.4 Å². The van der Waals surface area contributed by atoms with Gasteiger partial charge in [-0.15, -0.1) is 0 Å². The number of aliphatic hydroxyl groups is 1. The minimum absolute atomic E-state index is 0.0190. The highest BCUT2D eigenvalue weighted by molar-refractivity contribution is 6.46. The molecular weight excluding hydrogens is 466 g/mol. The lowest BCUT2D eigenvalue weighted by Crippen LogP contribution is -2.32. The molecule has 2 aliphatic rings. The zero-order chi connectivity index (χ0) is 25.7. The zero-order valence-electron chi connectivity index (χ0n) is 20.7. The molecule has 4 rings (SSSR count). The smallest absolute Gasteiger partial charge is 0.295 e. The topological polar surface area (TPSA) is 104 Å². The molecular formula is C27H31NO8. The van der Waals surface area contributed by atoms with Crippen LogP contribution in [-0.2, 0) is 14.3 Å². The van der Waals surface area contributed by atoms with Gasteiger partial charge < -0.3 is 33.7 Å². The predicted molar refractivity (Wildman–Crippen MR) is 132 cm³/mol. The third-order valence-corrected chi connectivity index (χ3v) is 6.15. The molecule has 2 aliphatic heterocycles. The van der Waals surface area contributed by atoms with Gasteiger partial charge in [0.15, 0.2) is 23.0 Å². The maximum Gasteiger partial charge on any atom is 0.295 e. The van der Waals surface area contributed by atoms with E-state index in [1.807, 2.05) is 0 Å². The molecule has 9 heteroatoms. The summed E-state index contributed by atoms with van der Waals surface area (Å²) < 4.78 is 27.7. The highest BCUT2D eigenvalue weighted by atomic mass is 16.6. The second-order valence-electron chi connectivity index (χ2n) is 8.46. The number of likely N-dealkylation sites (tertiary alicyclic amines) is 1. The van der Waals surface area contributed by atoms with Gasteiger partial charge >= 0.3 is 0 Å². The van der Waals surface area contributed by atoms with E-state index in [0.29, 0.717) is 53.9 Å². The Morgan fingerprint density at radius 3 is 2.53 bits per heavy atom. The highest BCUT2D eigenvalue weighted by Crippen LogP contribution is 2.43. The van der Waals surface area contributed by atoms with Gasteiger partial charge in [-0.05, 0) is 42.3 Å². The predicted octanol–water partition coefficient (Wildman–Crippen LogP) is 3.71. The van der Waals surface area contributed by atoms with E-state index in [9.17, 15) is 14.7 Å². The second-order valence-corrected chi connectivity index (χ2v) is 8.46. The van der Waals surface area contributed by atoms with Crippen LogP contribution < -0.4 is 18.9 Å². The Morgan fingerprint density at radius 1 is 1.03 bits per heavy atom. The van der Waals surface area contributed by atoms with Crippen molar-refractivity contribution in [3.63, 3.8) is 0 Å². The maximum atomic E-state index is 13.2. The van der Waals surface area contributed by atoms with Crippen LogP contribution in [0.25, 0.3) is 5.76 Å². The zero-order valence-corrected chi connectivity index (χ0v) is 20.7. The van der Waals surface area contributed by atoms with Gasteiger partial charge in [0.25, 0.3) is 11.7 Å². The summed E-state index contributed by atoms with van der Waals surface area (Å²) in [5.41, 5.74) is 0.930. The van der Waals surface area contributed by atoms with Crippen molar-refractivity contribution in [3.8, 4) is 23.0 Å². The molecule has 0 radical (unpaired) electrons. The van der Waals surface area contributed by atoms with E-state index in [0.717, 1.165) is 12.8 Å². The summed E-state index contributed by atoms with van der Waals surface area (Å²) in [6, 6.07) is 9.33. The summed E-state index contributed by atoms with van der Waals surface area (Å²) in [6.45, 7) is 3.83. The Bertz CT molecular complexity index is 1160. The Hall–Kier alpha value is -3.72. The maximum absolute atomic E-state index is 13.2. The molecule has 0 bridgehead atoms. The van der Waals surface area contributed by atoms with Crippen molar-refractivity contribution in [1.82, 2.24) is 4.90 Å². The number of hydrogen-bond acceptors (Lipinski definition) is 8. The number of ether oxygens (including phenoxy) is 5. The van der Waals surface area contributed by atoms with Crippen LogP contribution in [0, 0.1) is 0 Å². The number of rotatable bonds is 10. The Kier molecular flexibility index (Phi) is 8.00. The molecule has 1 amide bonds. The van der Waals surface area contributed by atoms with Gasteiger partial charge in [-0.1, -0.05) is 19.4 Å². The van der Waals surface area contributed by atoms with E-state index in [1.165, 1.54) is 19.1 Å². The van der Waals surface area contributed by atoms with Crippen molar-refractivity contribution in [2.24, 2.45) is 0 Å². The number of carbonyl (C=O) groups excluding carboxylic acids is 2. The summed E-state index contributed by atoms with van der Waals surface area (Å²) in [4.78, 5) is 27.6. The Balaban J connectivity index is 1.79. The van der Waals surface area contributed by atoms with Crippen molar-refractivity contribution in [1.29, 1.82) is 0 Å². The first-order valence-electron chi connectivity index (χ1n) is 12.0. The molecule has 0 aliphatic carbocycles. The number of nitrogens with zero attached hydrogens (tertiary/aromatic N) is 1. The Labute approximate surface area is 210 Å². The summed E-state index contributed by atoms with van der Waals surface area (Å²) in [5.74, 6) is 0.279. The number of carbonyl (C=O) groups is 2. The molecule has 192 valence electrons. The largest absolute Gasteiger partial charge is 0.507 e. The molecule has 1 fully saturated rings. The molecule has 1 atom stereocenters. The summed E-state index contributed by atoms with van der Waals surface area (Å²) in [7, 11) is 3.05. The van der Waals surface area contributed by atoms with E-state index >= 15 is 0 Å². The third kappa shape index (κ3) is 4.97. The first-order valence-corrected chi connectivity index (χ1v) is 12.0. The molecule has 2 heterocycles. The third-order valence-electron chi connectivity index (χ3n) is 6.15. The van der Waals surface area contributed by atoms with Crippen molar-refractivity contribution >= 4 is 17.4 Å². The van der Waals surface area contributed by atoms with Crippen LogP contribution in [0.5, 0.6) is 23.0 Å². The quantitative estimate of drug-likeness (QED) is 0.229. The average molecular weight is 498 g/mol. The molecule has 9 nitrogen and oxygen atoms in total. The fourth-order valence-electron chi connectivity index (χ4n) is 4.29. The molecule has 0 saturated carbocycles. The van der Waals surface area contributed by atoms with Crippen LogP contribution in [0.4, 0.5) is 0 Å². The number of Topliss-reactive ketones (excluding diaryl/α,β-unsaturated/α-hetero) is 1. The molecule has 1 N–H and O–H groups in total. The summed E-state index contributed by atoms with van der Waals surface area (Å²) in [5, 5.41) is 11.3. The minimum Gasteiger partial charge on any atom is -0.507 e. The number of ketones is 1. The molecule has 0 aromatic heterocycles. The van der Waals surface area contributed by atoms with Crippen molar-refractivity contribution < 1.29 is 38.4 Å². The van der Waals surface area contributed by atoms with E-state index < -0.39 is 17.7 Å². The van der Waals surface area contributed by atoms with Gasteiger partial charge in [0.1, 0.15) is 19.0 Å². The first-order chi connectivity index (χ1) is 17.5. The monoisotopic (exact) mass is 497 g/mol. The summed E-state index contributed by atoms with van der Waals surface area (Å²) in [6.07, 6.45) is 1.89. The van der Waals surface area contributed by atoms with Gasteiger partial charge in [-0.2, -0.15) is 0 Å². The fraction of sp³-hybridized carbons (Fsp3) is 0.407. The van der Waals surface area contributed by atoms with Crippen molar-refractivity contribution in [3.05, 3.63) is 53.1 Å². The van der Waals surface area contributed by atoms with Crippen molar-refractivity contribution in [2.75, 3.05) is 47.2 Å². The number of hydrogen-bond donors (Lipinski definition) is 1. The van der Waals surface area contributed by atoms with Crippen LogP contribution in [-0.4, -0.2) is 68.9 Å². The van der Waals surface area contributed by atoms with Gasteiger partial charge in [-0.3, -0.25) is 9.59 Å². The van der Waals surface area contributed by atoms with Crippen LogP contribution in [0.2, 0.25) is 0 Å². The molecule has 0 spiro atoms. The lowest BCUT2D eigenvalue weighted by Gasteiger charge is -2.26. The Morgan fingerprint density at radius 2 is 1.81 bits per heavy atom. The normalized spacial score (nSPS) is 18.4. The molecule has 2 aromatic carbocycles. The summed E-state index contributed by atoms with van der Waals surface area (Å²) >= 11 is 0. The van der Waals surface area contributed by atoms with E-state index in [-0.39, 0.29) is 24.5 Å². The number of aliphatic hydroxyl groups excluding tert-OH is 1. The van der Waals surface area contributed by atoms with Crippen LogP contribution in [0.3, 0.4) is 0 Å². The van der Waals surface area contributed by atoms with Gasteiger partial charge in [0.05, 0.1) is 31.9 Å². The molecule has 36 heavy (non-hydrogen) atoms. The fourth-order valence-corrected chi connectivity index (χ4v) is 4.29. The lowest BCUT2D eigenvalue weighted by atomic mass is 9.94. The van der Waals surface area contributed by atoms with Gasteiger partial charge in [0, 0.05) is 19.2 Å².